The molecular formula is C11H8F3NO3. The highest BCUT2D eigenvalue weighted by Gasteiger charge is 2.48. The van der Waals surface area contributed by atoms with E-state index in [-0.39, 0.29) is 11.3 Å². The second-order valence-corrected chi connectivity index (χ2v) is 3.74. The molecule has 1 aromatic rings. The average Bonchev–Trinajstić information content (AvgIpc) is 2.25. The Kier molecular flexibility index (Phi) is 2.68. The first-order valence-electron chi connectivity index (χ1n) is 4.87. The van der Waals surface area contributed by atoms with Crippen molar-refractivity contribution in [3.8, 4) is 5.75 Å². The molecule has 0 aliphatic carbocycles. The highest BCUT2D eigenvalue weighted by atomic mass is 19.4. The molecule has 0 fully saturated rings. The van der Waals surface area contributed by atoms with Crippen molar-refractivity contribution in [2.75, 3.05) is 5.73 Å². The van der Waals surface area contributed by atoms with E-state index in [9.17, 15) is 18.0 Å². The Morgan fingerprint density at radius 1 is 1.39 bits per heavy atom. The lowest BCUT2D eigenvalue weighted by atomic mass is 10.0. The summed E-state index contributed by atoms with van der Waals surface area (Å²) in [4.78, 5) is 10.8. The lowest BCUT2D eigenvalue weighted by molar-refractivity contribution is -0.187. The third-order valence-electron chi connectivity index (χ3n) is 2.42. The number of nitrogen functional groups attached to an aromatic ring is 1. The molecule has 7 heteroatoms. The molecule has 1 aliphatic rings. The molecule has 1 aliphatic heterocycles. The van der Waals surface area contributed by atoms with Crippen LogP contribution < -0.4 is 10.5 Å². The summed E-state index contributed by atoms with van der Waals surface area (Å²) in [5.74, 6) is -1.72. The van der Waals surface area contributed by atoms with Crippen LogP contribution in [0.5, 0.6) is 5.75 Å². The van der Waals surface area contributed by atoms with E-state index < -0.39 is 23.8 Å². The third kappa shape index (κ3) is 2.11. The normalized spacial score (nSPS) is 18.6. The van der Waals surface area contributed by atoms with E-state index in [2.05, 4.69) is 0 Å². The first kappa shape index (κ1) is 12.3. The van der Waals surface area contributed by atoms with Crippen molar-refractivity contribution < 1.29 is 27.8 Å². The van der Waals surface area contributed by atoms with Crippen LogP contribution in [0.2, 0.25) is 0 Å². The Balaban J connectivity index is 2.53. The van der Waals surface area contributed by atoms with Crippen LogP contribution in [-0.4, -0.2) is 23.4 Å². The van der Waals surface area contributed by atoms with Crippen LogP contribution >= 0.6 is 0 Å². The molecule has 0 unspecified atom stereocenters. The molecule has 1 atom stereocenters. The van der Waals surface area contributed by atoms with Gasteiger partial charge < -0.3 is 15.6 Å². The van der Waals surface area contributed by atoms with Crippen LogP contribution in [0.1, 0.15) is 5.56 Å². The number of hydrogen-bond donors (Lipinski definition) is 2. The van der Waals surface area contributed by atoms with E-state index in [1.807, 2.05) is 0 Å². The minimum absolute atomic E-state index is 0.0449. The number of carboxylic acids is 1. The highest BCUT2D eigenvalue weighted by Crippen LogP contribution is 2.37. The van der Waals surface area contributed by atoms with Crippen molar-refractivity contribution in [3.63, 3.8) is 0 Å². The Bertz CT molecular complexity index is 537. The summed E-state index contributed by atoms with van der Waals surface area (Å²) < 4.78 is 42.7. The molecular weight excluding hydrogens is 251 g/mol. The number of carboxylic acid groups (broad SMARTS) is 1. The van der Waals surface area contributed by atoms with Gasteiger partial charge in [-0.3, -0.25) is 0 Å². The number of alkyl halides is 3. The lowest BCUT2D eigenvalue weighted by Crippen LogP contribution is -2.40. The summed E-state index contributed by atoms with van der Waals surface area (Å²) >= 11 is 0. The fraction of sp³-hybridized carbons (Fsp3) is 0.182. The lowest BCUT2D eigenvalue weighted by Gasteiger charge is -2.27. The van der Waals surface area contributed by atoms with Crippen molar-refractivity contribution in [3.05, 3.63) is 29.3 Å². The van der Waals surface area contributed by atoms with Gasteiger partial charge in [-0.2, -0.15) is 13.2 Å². The van der Waals surface area contributed by atoms with E-state index in [0.29, 0.717) is 5.69 Å². The van der Waals surface area contributed by atoms with E-state index in [0.717, 1.165) is 6.08 Å². The minimum Gasteiger partial charge on any atom is -0.478 e. The number of benzene rings is 1. The molecule has 4 nitrogen and oxygen atoms in total. The molecule has 2 rings (SSSR count). The third-order valence-corrected chi connectivity index (χ3v) is 2.42. The molecule has 0 saturated carbocycles. The van der Waals surface area contributed by atoms with E-state index in [1.165, 1.54) is 18.2 Å². The molecule has 1 heterocycles. The van der Waals surface area contributed by atoms with Crippen molar-refractivity contribution in [2.45, 2.75) is 12.3 Å². The quantitative estimate of drug-likeness (QED) is 0.757. The Morgan fingerprint density at radius 3 is 2.61 bits per heavy atom. The minimum atomic E-state index is -4.79. The molecule has 96 valence electrons. The first-order chi connectivity index (χ1) is 8.29. The van der Waals surface area contributed by atoms with Crippen molar-refractivity contribution in [1.29, 1.82) is 0 Å². The van der Waals surface area contributed by atoms with E-state index in [1.54, 1.807) is 0 Å². The second-order valence-electron chi connectivity index (χ2n) is 3.74. The van der Waals surface area contributed by atoms with Crippen molar-refractivity contribution in [2.24, 2.45) is 0 Å². The maximum atomic E-state index is 12.7. The molecule has 0 radical (unpaired) electrons. The summed E-state index contributed by atoms with van der Waals surface area (Å²) in [7, 11) is 0. The van der Waals surface area contributed by atoms with Gasteiger partial charge in [0.2, 0.25) is 6.10 Å². The molecule has 1 aromatic carbocycles. The van der Waals surface area contributed by atoms with Crippen LogP contribution in [0.25, 0.3) is 6.08 Å². The number of ether oxygens (including phenoxy) is 1. The smallest absolute Gasteiger partial charge is 0.430 e. The number of hydrogen-bond acceptors (Lipinski definition) is 3. The first-order valence-corrected chi connectivity index (χ1v) is 4.87. The van der Waals surface area contributed by atoms with Gasteiger partial charge in [0.05, 0.1) is 5.57 Å². The zero-order valence-corrected chi connectivity index (χ0v) is 8.86. The van der Waals surface area contributed by atoms with Gasteiger partial charge in [-0.05, 0) is 24.3 Å². The monoisotopic (exact) mass is 259 g/mol. The van der Waals surface area contributed by atoms with Crippen LogP contribution in [-0.2, 0) is 4.79 Å². The Morgan fingerprint density at radius 2 is 2.06 bits per heavy atom. The average molecular weight is 259 g/mol. The molecule has 3 N–H and O–H groups in total. The van der Waals surface area contributed by atoms with Gasteiger partial charge in [0.1, 0.15) is 5.75 Å². The van der Waals surface area contributed by atoms with Crippen molar-refractivity contribution in [1.82, 2.24) is 0 Å². The van der Waals surface area contributed by atoms with Gasteiger partial charge in [-0.25, -0.2) is 4.79 Å². The number of carbonyl (C=O) groups is 1. The zero-order valence-electron chi connectivity index (χ0n) is 8.86. The van der Waals surface area contributed by atoms with Gasteiger partial charge in [0.25, 0.3) is 0 Å². The van der Waals surface area contributed by atoms with Crippen LogP contribution in [0.4, 0.5) is 18.9 Å². The summed E-state index contributed by atoms with van der Waals surface area (Å²) in [6.45, 7) is 0. The molecule has 0 bridgehead atoms. The summed E-state index contributed by atoms with van der Waals surface area (Å²) in [5.41, 5.74) is 5.13. The van der Waals surface area contributed by atoms with Crippen LogP contribution in [0, 0.1) is 0 Å². The summed E-state index contributed by atoms with van der Waals surface area (Å²) in [6, 6.07) is 4.01. The van der Waals surface area contributed by atoms with Crippen molar-refractivity contribution >= 4 is 17.7 Å². The van der Waals surface area contributed by atoms with Gasteiger partial charge in [-0.1, -0.05) is 0 Å². The molecule has 0 spiro atoms. The van der Waals surface area contributed by atoms with Crippen LogP contribution in [0.3, 0.4) is 0 Å². The zero-order chi connectivity index (χ0) is 13.5. The molecule has 0 aromatic heterocycles. The van der Waals surface area contributed by atoms with E-state index in [4.69, 9.17) is 15.6 Å². The number of anilines is 1. The van der Waals surface area contributed by atoms with E-state index >= 15 is 0 Å². The SMILES string of the molecule is Nc1ccc2c(c1)C=C(C(=O)O)[C@@H](C(F)(F)F)O2. The topological polar surface area (TPSA) is 72.6 Å². The summed E-state index contributed by atoms with van der Waals surface area (Å²) in [5, 5.41) is 8.79. The van der Waals surface area contributed by atoms with Gasteiger partial charge in [0, 0.05) is 11.3 Å². The predicted octanol–water partition coefficient (Wildman–Crippen LogP) is 2.06. The fourth-order valence-corrected chi connectivity index (χ4v) is 1.64. The van der Waals surface area contributed by atoms with Crippen LogP contribution in [0.15, 0.2) is 23.8 Å². The molecule has 18 heavy (non-hydrogen) atoms. The second kappa shape index (κ2) is 3.94. The Hall–Kier alpha value is -2.18. The molecule has 0 amide bonds. The fourth-order valence-electron chi connectivity index (χ4n) is 1.64. The maximum absolute atomic E-state index is 12.7. The number of aliphatic carboxylic acids is 1. The maximum Gasteiger partial charge on any atom is 0.430 e. The Labute approximate surface area is 99.5 Å². The molecule has 0 saturated heterocycles. The largest absolute Gasteiger partial charge is 0.478 e. The van der Waals surface area contributed by atoms with Gasteiger partial charge in [-0.15, -0.1) is 0 Å². The predicted molar refractivity (Wildman–Crippen MR) is 56.9 cm³/mol. The number of halogens is 3. The highest BCUT2D eigenvalue weighted by molar-refractivity contribution is 5.95. The van der Waals surface area contributed by atoms with Gasteiger partial charge >= 0.3 is 12.1 Å². The standard InChI is InChI=1S/C11H8F3NO3/c12-11(13,14)9-7(10(16)17)4-5-3-6(15)1-2-8(5)18-9/h1-4,9H,15H2,(H,16,17)/t9-/m0/s1. The number of fused-ring (bicyclic) bond motifs is 1. The number of rotatable bonds is 1. The van der Waals surface area contributed by atoms with Gasteiger partial charge in [0.15, 0.2) is 0 Å². The summed E-state index contributed by atoms with van der Waals surface area (Å²) in [6.07, 6.45) is -6.33. The number of nitrogens with two attached hydrogens (primary N) is 1.